The number of aromatic nitrogens is 2. The maximum Gasteiger partial charge on any atom is 0.265 e. The van der Waals surface area contributed by atoms with Crippen molar-refractivity contribution in [1.29, 1.82) is 0 Å². The van der Waals surface area contributed by atoms with Crippen molar-refractivity contribution in [1.82, 2.24) is 9.78 Å². The van der Waals surface area contributed by atoms with Crippen molar-refractivity contribution in [2.45, 2.75) is 18.7 Å². The molecule has 0 atom stereocenters. The number of halogens is 1. The number of phenolic OH excluding ortho intramolecular Hbond substituents is 1. The van der Waals surface area contributed by atoms with Gasteiger partial charge in [-0.05, 0) is 26.0 Å². The van der Waals surface area contributed by atoms with Gasteiger partial charge in [-0.3, -0.25) is 9.40 Å². The Morgan fingerprint density at radius 3 is 2.50 bits per heavy atom. The van der Waals surface area contributed by atoms with Gasteiger partial charge in [0.15, 0.2) is 5.82 Å². The van der Waals surface area contributed by atoms with Crippen molar-refractivity contribution >= 4 is 15.7 Å². The fourth-order valence-electron chi connectivity index (χ4n) is 1.93. The molecule has 0 aliphatic rings. The van der Waals surface area contributed by atoms with Crippen LogP contribution in [0.1, 0.15) is 11.4 Å². The molecule has 0 fully saturated rings. The summed E-state index contributed by atoms with van der Waals surface area (Å²) in [5, 5.41) is 13.1. The number of aryl methyl sites for hydroxylation is 2. The molecule has 2 aromatic rings. The summed E-state index contributed by atoms with van der Waals surface area (Å²) in [4.78, 5) is 0.0208. The quantitative estimate of drug-likeness (QED) is 0.845. The smallest absolute Gasteiger partial charge is 0.265 e. The van der Waals surface area contributed by atoms with Gasteiger partial charge in [-0.15, -0.1) is 0 Å². The van der Waals surface area contributed by atoms with Crippen molar-refractivity contribution < 1.29 is 17.9 Å². The van der Waals surface area contributed by atoms with E-state index in [1.54, 1.807) is 20.9 Å². The Kier molecular flexibility index (Phi) is 3.43. The first-order chi connectivity index (χ1) is 9.22. The van der Waals surface area contributed by atoms with Gasteiger partial charge < -0.3 is 5.11 Å². The minimum atomic E-state index is -3.94. The summed E-state index contributed by atoms with van der Waals surface area (Å²) >= 11 is 0. The molecule has 8 heteroatoms. The van der Waals surface area contributed by atoms with Crippen LogP contribution < -0.4 is 4.72 Å². The lowest BCUT2D eigenvalue weighted by Gasteiger charge is -2.09. The van der Waals surface area contributed by atoms with Crippen LogP contribution in [0.3, 0.4) is 0 Å². The Hall–Kier alpha value is -2.09. The van der Waals surface area contributed by atoms with Crippen LogP contribution in [0.4, 0.5) is 10.1 Å². The number of hydrogen-bond acceptors (Lipinski definition) is 4. The van der Waals surface area contributed by atoms with Crippen molar-refractivity contribution in [3.63, 3.8) is 0 Å². The number of phenols is 1. The van der Waals surface area contributed by atoms with E-state index in [4.69, 9.17) is 5.11 Å². The van der Waals surface area contributed by atoms with Crippen molar-refractivity contribution in [2.24, 2.45) is 7.05 Å². The standard InChI is InChI=1S/C12H14FN3O3S/c1-7-12(8(2)16(3)14-7)20(18,19)15-11-5-4-9(17)6-10(11)13/h4-6,15,17H,1-3H3. The van der Waals surface area contributed by atoms with Crippen LogP contribution in [0.15, 0.2) is 23.1 Å². The predicted molar refractivity (Wildman–Crippen MR) is 71.6 cm³/mol. The fourth-order valence-corrected chi connectivity index (χ4v) is 3.43. The molecule has 2 rings (SSSR count). The number of rotatable bonds is 3. The molecule has 1 aromatic heterocycles. The SMILES string of the molecule is Cc1nn(C)c(C)c1S(=O)(=O)Nc1ccc(O)cc1F. The highest BCUT2D eigenvalue weighted by Crippen LogP contribution is 2.25. The second kappa shape index (κ2) is 4.78. The Balaban J connectivity index is 2.46. The molecule has 0 radical (unpaired) electrons. The molecule has 1 heterocycles. The molecular formula is C12H14FN3O3S. The molecule has 0 unspecified atom stereocenters. The number of nitrogens with zero attached hydrogens (tertiary/aromatic N) is 2. The van der Waals surface area contributed by atoms with E-state index in [2.05, 4.69) is 9.82 Å². The number of anilines is 1. The lowest BCUT2D eigenvalue weighted by molar-refractivity contribution is 0.469. The van der Waals surface area contributed by atoms with E-state index < -0.39 is 15.8 Å². The van der Waals surface area contributed by atoms with E-state index in [1.807, 2.05) is 0 Å². The largest absolute Gasteiger partial charge is 0.508 e. The lowest BCUT2D eigenvalue weighted by Crippen LogP contribution is -2.15. The molecule has 0 saturated carbocycles. The third-order valence-corrected chi connectivity index (χ3v) is 4.53. The third-order valence-electron chi connectivity index (χ3n) is 2.91. The number of hydrogen-bond donors (Lipinski definition) is 2. The molecule has 6 nitrogen and oxygen atoms in total. The van der Waals surface area contributed by atoms with Crippen molar-refractivity contribution in [2.75, 3.05) is 4.72 Å². The van der Waals surface area contributed by atoms with Gasteiger partial charge in [-0.2, -0.15) is 5.10 Å². The van der Waals surface area contributed by atoms with E-state index in [1.165, 1.54) is 10.7 Å². The highest BCUT2D eigenvalue weighted by Gasteiger charge is 2.24. The van der Waals surface area contributed by atoms with Gasteiger partial charge in [0.1, 0.15) is 10.6 Å². The fraction of sp³-hybridized carbons (Fsp3) is 0.250. The minimum Gasteiger partial charge on any atom is -0.508 e. The summed E-state index contributed by atoms with van der Waals surface area (Å²) in [6.45, 7) is 3.18. The van der Waals surface area contributed by atoms with Gasteiger partial charge in [-0.1, -0.05) is 0 Å². The van der Waals surface area contributed by atoms with Crippen LogP contribution in [-0.4, -0.2) is 23.3 Å². The van der Waals surface area contributed by atoms with Crippen molar-refractivity contribution in [3.05, 3.63) is 35.4 Å². The molecule has 0 spiro atoms. The van der Waals surface area contributed by atoms with Crippen LogP contribution in [0.2, 0.25) is 0 Å². The van der Waals surface area contributed by atoms with E-state index in [0.717, 1.165) is 12.1 Å². The second-order valence-corrected chi connectivity index (χ2v) is 6.01. The van der Waals surface area contributed by atoms with Gasteiger partial charge in [0.2, 0.25) is 0 Å². The van der Waals surface area contributed by atoms with Gasteiger partial charge in [-0.25, -0.2) is 12.8 Å². The summed E-state index contributed by atoms with van der Waals surface area (Å²) in [7, 11) is -2.32. The van der Waals surface area contributed by atoms with Crippen LogP contribution in [-0.2, 0) is 17.1 Å². The highest BCUT2D eigenvalue weighted by atomic mass is 32.2. The highest BCUT2D eigenvalue weighted by molar-refractivity contribution is 7.92. The number of nitrogens with one attached hydrogen (secondary N) is 1. The minimum absolute atomic E-state index is 0.0208. The zero-order chi connectivity index (χ0) is 15.1. The summed E-state index contributed by atoms with van der Waals surface area (Å²) < 4.78 is 41.8. The molecule has 0 bridgehead atoms. The first-order valence-corrected chi connectivity index (χ1v) is 7.22. The van der Waals surface area contributed by atoms with Gasteiger partial charge in [0, 0.05) is 13.1 Å². The predicted octanol–water partition coefficient (Wildman–Crippen LogP) is 1.68. The zero-order valence-electron chi connectivity index (χ0n) is 11.2. The maximum atomic E-state index is 13.6. The van der Waals surface area contributed by atoms with Gasteiger partial charge >= 0.3 is 0 Å². The molecule has 0 aliphatic heterocycles. The maximum absolute atomic E-state index is 13.6. The average Bonchev–Trinajstić information content (AvgIpc) is 2.57. The Morgan fingerprint density at radius 1 is 1.35 bits per heavy atom. The normalized spacial score (nSPS) is 11.6. The molecule has 1 aromatic carbocycles. The third kappa shape index (κ3) is 2.46. The van der Waals surface area contributed by atoms with E-state index in [-0.39, 0.29) is 16.3 Å². The average molecular weight is 299 g/mol. The Bertz CT molecular complexity index is 768. The molecular weight excluding hydrogens is 285 g/mol. The molecule has 0 saturated heterocycles. The first kappa shape index (κ1) is 14.3. The first-order valence-electron chi connectivity index (χ1n) is 5.74. The van der Waals surface area contributed by atoms with E-state index in [9.17, 15) is 12.8 Å². The van der Waals surface area contributed by atoms with E-state index in [0.29, 0.717) is 11.4 Å². The second-order valence-electron chi connectivity index (χ2n) is 4.39. The Morgan fingerprint density at radius 2 is 2.00 bits per heavy atom. The van der Waals surface area contributed by atoms with E-state index >= 15 is 0 Å². The molecule has 2 N–H and O–H groups in total. The summed E-state index contributed by atoms with van der Waals surface area (Å²) in [5.74, 6) is -1.13. The van der Waals surface area contributed by atoms with Crippen LogP contribution in [0.25, 0.3) is 0 Å². The van der Waals surface area contributed by atoms with Crippen LogP contribution in [0.5, 0.6) is 5.75 Å². The monoisotopic (exact) mass is 299 g/mol. The summed E-state index contributed by atoms with van der Waals surface area (Å²) in [6, 6.07) is 3.19. The van der Waals surface area contributed by atoms with Crippen LogP contribution in [0, 0.1) is 19.7 Å². The number of aromatic hydroxyl groups is 1. The topological polar surface area (TPSA) is 84.2 Å². The summed E-state index contributed by atoms with van der Waals surface area (Å²) in [6.07, 6.45) is 0. The molecule has 20 heavy (non-hydrogen) atoms. The number of benzene rings is 1. The summed E-state index contributed by atoms with van der Waals surface area (Å²) in [5.41, 5.74) is 0.552. The Labute approximate surface area is 115 Å². The number of sulfonamides is 1. The van der Waals surface area contributed by atoms with Crippen molar-refractivity contribution in [3.8, 4) is 5.75 Å². The molecule has 108 valence electrons. The molecule has 0 amide bonds. The molecule has 0 aliphatic carbocycles. The lowest BCUT2D eigenvalue weighted by atomic mass is 10.3. The van der Waals surface area contributed by atoms with Gasteiger partial charge in [0.25, 0.3) is 10.0 Å². The van der Waals surface area contributed by atoms with Crippen LogP contribution >= 0.6 is 0 Å². The zero-order valence-corrected chi connectivity index (χ0v) is 12.0. The van der Waals surface area contributed by atoms with Gasteiger partial charge in [0.05, 0.1) is 17.1 Å².